The van der Waals surface area contributed by atoms with Crippen LogP contribution in [0.4, 0.5) is 0 Å². The maximum absolute atomic E-state index is 3.20. The van der Waals surface area contributed by atoms with Crippen molar-refractivity contribution in [3.8, 4) is 11.8 Å². The fourth-order valence-electron chi connectivity index (χ4n) is 1.28. The van der Waals surface area contributed by atoms with E-state index in [1.807, 2.05) is 6.92 Å². The Kier molecular flexibility index (Phi) is 2.64. The lowest BCUT2D eigenvalue weighted by Gasteiger charge is -2.14. The molecule has 0 aliphatic heterocycles. The molecule has 0 N–H and O–H groups in total. The van der Waals surface area contributed by atoms with Crippen molar-refractivity contribution in [2.24, 2.45) is 5.92 Å². The van der Waals surface area contributed by atoms with E-state index in [2.05, 4.69) is 18.3 Å². The van der Waals surface area contributed by atoms with Gasteiger partial charge in [0.05, 0.1) is 0 Å². The van der Waals surface area contributed by atoms with Crippen LogP contribution in [-0.2, 0) is 0 Å². The summed E-state index contributed by atoms with van der Waals surface area (Å²) in [5.74, 6) is 6.85. The molecule has 49 valence electrons. The van der Waals surface area contributed by atoms with Gasteiger partial charge in [-0.15, -0.1) is 11.8 Å². The van der Waals surface area contributed by atoms with Crippen molar-refractivity contribution in [1.82, 2.24) is 0 Å². The molecule has 0 spiro atoms. The van der Waals surface area contributed by atoms with Gasteiger partial charge < -0.3 is 0 Å². The highest BCUT2D eigenvalue weighted by molar-refractivity contribution is 5.03. The molecule has 1 atom stereocenters. The topological polar surface area (TPSA) is 0 Å². The normalized spacial score (nSPS) is 20.6. The SMILES string of the molecule is CC#CC1C[CH]CCC1. The zero-order valence-electron chi connectivity index (χ0n) is 5.98. The van der Waals surface area contributed by atoms with E-state index in [1.165, 1.54) is 25.7 Å². The molecule has 0 heterocycles. The Morgan fingerprint density at radius 2 is 2.44 bits per heavy atom. The van der Waals surface area contributed by atoms with Crippen molar-refractivity contribution >= 4 is 0 Å². The van der Waals surface area contributed by atoms with Gasteiger partial charge in [0.25, 0.3) is 0 Å². The average Bonchev–Trinajstić information content (AvgIpc) is 1.91. The molecule has 0 amide bonds. The summed E-state index contributed by atoms with van der Waals surface area (Å²) in [4.78, 5) is 0. The lowest BCUT2D eigenvalue weighted by atomic mass is 9.90. The van der Waals surface area contributed by atoms with Gasteiger partial charge in [0.2, 0.25) is 0 Å². The third-order valence-electron chi connectivity index (χ3n) is 1.76. The van der Waals surface area contributed by atoms with E-state index in [0.29, 0.717) is 5.92 Å². The van der Waals surface area contributed by atoms with Crippen molar-refractivity contribution in [3.63, 3.8) is 0 Å². The molecule has 1 aliphatic carbocycles. The first kappa shape index (κ1) is 6.68. The molecule has 1 rings (SSSR count). The first-order valence-electron chi connectivity index (χ1n) is 3.67. The molecule has 0 heteroatoms. The fraction of sp³-hybridized carbons (Fsp3) is 0.667. The number of hydrogen-bond donors (Lipinski definition) is 0. The van der Waals surface area contributed by atoms with Gasteiger partial charge in [0, 0.05) is 5.92 Å². The Morgan fingerprint density at radius 1 is 1.56 bits per heavy atom. The summed E-state index contributed by atoms with van der Waals surface area (Å²) in [6.45, 7) is 1.93. The summed E-state index contributed by atoms with van der Waals surface area (Å²) in [5, 5.41) is 0. The molecule has 9 heavy (non-hydrogen) atoms. The first-order chi connectivity index (χ1) is 4.43. The fourth-order valence-corrected chi connectivity index (χ4v) is 1.28. The highest BCUT2D eigenvalue weighted by atomic mass is 14.1. The van der Waals surface area contributed by atoms with Gasteiger partial charge in [-0.3, -0.25) is 0 Å². The van der Waals surface area contributed by atoms with Crippen LogP contribution in [0.2, 0.25) is 0 Å². The summed E-state index contributed by atoms with van der Waals surface area (Å²) in [6, 6.07) is 0. The van der Waals surface area contributed by atoms with Crippen molar-refractivity contribution in [2.45, 2.75) is 32.6 Å². The van der Waals surface area contributed by atoms with Gasteiger partial charge in [-0.1, -0.05) is 12.8 Å². The summed E-state index contributed by atoms with van der Waals surface area (Å²) >= 11 is 0. The minimum absolute atomic E-state index is 0.684. The van der Waals surface area contributed by atoms with E-state index in [-0.39, 0.29) is 0 Å². The summed E-state index contributed by atoms with van der Waals surface area (Å²) in [7, 11) is 0. The second-order valence-electron chi connectivity index (χ2n) is 2.55. The van der Waals surface area contributed by atoms with Crippen LogP contribution >= 0.6 is 0 Å². The van der Waals surface area contributed by atoms with Crippen LogP contribution < -0.4 is 0 Å². The van der Waals surface area contributed by atoms with E-state index in [9.17, 15) is 0 Å². The monoisotopic (exact) mass is 121 g/mol. The van der Waals surface area contributed by atoms with Gasteiger partial charge in [-0.25, -0.2) is 0 Å². The van der Waals surface area contributed by atoms with Gasteiger partial charge in [0.1, 0.15) is 0 Å². The predicted molar refractivity (Wildman–Crippen MR) is 39.7 cm³/mol. The number of rotatable bonds is 0. The molecule has 0 aromatic rings. The molecule has 1 fully saturated rings. The van der Waals surface area contributed by atoms with Crippen molar-refractivity contribution in [1.29, 1.82) is 0 Å². The Balaban J connectivity index is 2.28. The summed E-state index contributed by atoms with van der Waals surface area (Å²) in [6.07, 6.45) is 7.55. The van der Waals surface area contributed by atoms with Crippen LogP contribution in [0.25, 0.3) is 0 Å². The van der Waals surface area contributed by atoms with Crippen LogP contribution in [0.15, 0.2) is 0 Å². The van der Waals surface area contributed by atoms with Gasteiger partial charge >= 0.3 is 0 Å². The highest BCUT2D eigenvalue weighted by Gasteiger charge is 2.09. The predicted octanol–water partition coefficient (Wildman–Crippen LogP) is 2.40. The highest BCUT2D eigenvalue weighted by Crippen LogP contribution is 2.21. The molecule has 1 radical (unpaired) electrons. The van der Waals surface area contributed by atoms with E-state index in [4.69, 9.17) is 0 Å². The zero-order chi connectivity index (χ0) is 6.53. The zero-order valence-corrected chi connectivity index (χ0v) is 5.98. The van der Waals surface area contributed by atoms with Crippen molar-refractivity contribution in [3.05, 3.63) is 6.42 Å². The first-order valence-corrected chi connectivity index (χ1v) is 3.67. The summed E-state index contributed by atoms with van der Waals surface area (Å²) < 4.78 is 0. The largest absolute Gasteiger partial charge is 0.106 e. The summed E-state index contributed by atoms with van der Waals surface area (Å²) in [5.41, 5.74) is 0. The van der Waals surface area contributed by atoms with E-state index >= 15 is 0 Å². The number of hydrogen-bond acceptors (Lipinski definition) is 0. The second kappa shape index (κ2) is 3.56. The second-order valence-corrected chi connectivity index (χ2v) is 2.55. The molecule has 0 saturated heterocycles. The Bertz CT molecular complexity index is 119. The molecule has 1 unspecified atom stereocenters. The van der Waals surface area contributed by atoms with Gasteiger partial charge in [-0.2, -0.15) is 0 Å². The minimum Gasteiger partial charge on any atom is -0.106 e. The Morgan fingerprint density at radius 3 is 3.00 bits per heavy atom. The minimum atomic E-state index is 0.684. The molecule has 0 aromatic carbocycles. The lowest BCUT2D eigenvalue weighted by molar-refractivity contribution is 0.503. The van der Waals surface area contributed by atoms with E-state index < -0.39 is 0 Å². The van der Waals surface area contributed by atoms with E-state index in [1.54, 1.807) is 0 Å². The van der Waals surface area contributed by atoms with Crippen molar-refractivity contribution < 1.29 is 0 Å². The van der Waals surface area contributed by atoms with Crippen LogP contribution in [0.5, 0.6) is 0 Å². The molecular formula is C9H13. The lowest BCUT2D eigenvalue weighted by Crippen LogP contribution is -2.03. The standard InChI is InChI=1S/C9H13/c1-2-6-9-7-4-3-5-8-9/h4,9H,3,5,7-8H2,1H3. The van der Waals surface area contributed by atoms with Gasteiger partial charge in [-0.05, 0) is 26.2 Å². The maximum atomic E-state index is 3.20. The average molecular weight is 121 g/mol. The van der Waals surface area contributed by atoms with Crippen LogP contribution in [0, 0.1) is 24.2 Å². The van der Waals surface area contributed by atoms with Crippen LogP contribution in [0.3, 0.4) is 0 Å². The van der Waals surface area contributed by atoms with Crippen molar-refractivity contribution in [2.75, 3.05) is 0 Å². The van der Waals surface area contributed by atoms with Gasteiger partial charge in [0.15, 0.2) is 0 Å². The molecule has 0 bridgehead atoms. The molecule has 1 aliphatic rings. The molecule has 0 aromatic heterocycles. The quantitative estimate of drug-likeness (QED) is 0.432. The van der Waals surface area contributed by atoms with E-state index in [0.717, 1.165) is 0 Å². The van der Waals surface area contributed by atoms with Crippen LogP contribution in [0.1, 0.15) is 32.6 Å². The third kappa shape index (κ3) is 2.10. The van der Waals surface area contributed by atoms with Crippen LogP contribution in [-0.4, -0.2) is 0 Å². The molecular weight excluding hydrogens is 108 g/mol. The molecule has 1 saturated carbocycles. The maximum Gasteiger partial charge on any atom is 0.0205 e. The smallest absolute Gasteiger partial charge is 0.0205 e. The third-order valence-corrected chi connectivity index (χ3v) is 1.76. The Hall–Kier alpha value is -0.440. The molecule has 0 nitrogen and oxygen atoms in total. The Labute approximate surface area is 57.7 Å².